The van der Waals surface area contributed by atoms with E-state index in [4.69, 9.17) is 0 Å². The summed E-state index contributed by atoms with van der Waals surface area (Å²) in [6.45, 7) is 1.70. The Morgan fingerprint density at radius 1 is 1.06 bits per heavy atom. The molecule has 3 amide bonds. The maximum atomic E-state index is 12.5. The largest absolute Gasteiger partial charge is 0.506 e. The zero-order valence-electron chi connectivity index (χ0n) is 16.6. The van der Waals surface area contributed by atoms with Gasteiger partial charge in [0.05, 0.1) is 11.3 Å². The summed E-state index contributed by atoms with van der Waals surface area (Å²) in [6.07, 6.45) is 1.57. The number of imide groups is 1. The predicted octanol–water partition coefficient (Wildman–Crippen LogP) is 3.48. The standard InChI is InChI=1S/C23H19N3O4S/c1-13(27)25-20-5-2-14(8-21(20)28)10-24-11-19-18-9-15(16-6-7-31-12-16)3-4-17(18)22(29)26-23(19)30/h2-9,11-12,24,28H,10H2,1H3,(H,25,27)(H,26,29,30). The molecule has 2 aromatic carbocycles. The van der Waals surface area contributed by atoms with Gasteiger partial charge in [0.25, 0.3) is 11.8 Å². The minimum Gasteiger partial charge on any atom is -0.506 e. The highest BCUT2D eigenvalue weighted by molar-refractivity contribution is 7.08. The number of nitrogens with one attached hydrogen (secondary N) is 3. The van der Waals surface area contributed by atoms with Crippen molar-refractivity contribution in [3.8, 4) is 16.9 Å². The molecule has 1 aliphatic heterocycles. The lowest BCUT2D eigenvalue weighted by atomic mass is 9.92. The molecule has 0 saturated heterocycles. The van der Waals surface area contributed by atoms with E-state index in [1.165, 1.54) is 13.0 Å². The second kappa shape index (κ2) is 8.45. The van der Waals surface area contributed by atoms with Gasteiger partial charge in [0.15, 0.2) is 0 Å². The zero-order chi connectivity index (χ0) is 22.0. The maximum absolute atomic E-state index is 12.5. The fourth-order valence-corrected chi connectivity index (χ4v) is 4.00. The van der Waals surface area contributed by atoms with Crippen molar-refractivity contribution in [3.05, 3.63) is 76.1 Å². The second-order valence-electron chi connectivity index (χ2n) is 7.03. The Hall–Kier alpha value is -3.91. The molecule has 3 aromatic rings. The Balaban J connectivity index is 1.58. The fraction of sp³-hybridized carbons (Fsp3) is 0.0870. The highest BCUT2D eigenvalue weighted by atomic mass is 32.1. The molecule has 4 N–H and O–H groups in total. The lowest BCUT2D eigenvalue weighted by molar-refractivity contribution is -0.115. The Kier molecular flexibility index (Phi) is 5.55. The summed E-state index contributed by atoms with van der Waals surface area (Å²) in [5, 5.41) is 22.0. The van der Waals surface area contributed by atoms with Crippen molar-refractivity contribution in [2.75, 3.05) is 5.32 Å². The van der Waals surface area contributed by atoms with Gasteiger partial charge >= 0.3 is 0 Å². The molecule has 0 radical (unpaired) electrons. The molecule has 7 nitrogen and oxygen atoms in total. The Morgan fingerprint density at radius 3 is 2.61 bits per heavy atom. The van der Waals surface area contributed by atoms with Crippen LogP contribution in [0.1, 0.15) is 28.4 Å². The normalized spacial score (nSPS) is 14.2. The number of benzene rings is 2. The van der Waals surface area contributed by atoms with Crippen LogP contribution in [0.3, 0.4) is 0 Å². The van der Waals surface area contributed by atoms with Gasteiger partial charge in [-0.2, -0.15) is 11.3 Å². The van der Waals surface area contributed by atoms with Crippen LogP contribution in [0.5, 0.6) is 5.75 Å². The molecule has 8 heteroatoms. The summed E-state index contributed by atoms with van der Waals surface area (Å²) >= 11 is 1.57. The number of amides is 3. The first-order valence-electron chi connectivity index (χ1n) is 9.48. The van der Waals surface area contributed by atoms with Crippen LogP contribution in [0.25, 0.3) is 16.7 Å². The SMILES string of the molecule is CC(=O)Nc1ccc(CNC=C2C(=O)NC(=O)c3ccc(-c4ccsc4)cc32)cc1O. The van der Waals surface area contributed by atoms with Crippen molar-refractivity contribution in [1.29, 1.82) is 0 Å². The number of fused-ring (bicyclic) bond motifs is 1. The quantitative estimate of drug-likeness (QED) is 0.280. The zero-order valence-corrected chi connectivity index (χ0v) is 17.4. The molecule has 0 spiro atoms. The average Bonchev–Trinajstić information content (AvgIpc) is 3.26. The summed E-state index contributed by atoms with van der Waals surface area (Å²) in [5.41, 5.74) is 4.38. The van der Waals surface area contributed by atoms with E-state index in [9.17, 15) is 19.5 Å². The molecule has 0 atom stereocenters. The topological polar surface area (TPSA) is 108 Å². The van der Waals surface area contributed by atoms with Gasteiger partial charge in [0.1, 0.15) is 5.75 Å². The number of aromatic hydroxyl groups is 1. The molecule has 2 heterocycles. The maximum Gasteiger partial charge on any atom is 0.260 e. The van der Waals surface area contributed by atoms with Crippen molar-refractivity contribution in [3.63, 3.8) is 0 Å². The Morgan fingerprint density at radius 2 is 1.90 bits per heavy atom. The van der Waals surface area contributed by atoms with Gasteiger partial charge in [-0.3, -0.25) is 19.7 Å². The lowest BCUT2D eigenvalue weighted by Gasteiger charge is -2.19. The van der Waals surface area contributed by atoms with E-state index in [2.05, 4.69) is 16.0 Å². The van der Waals surface area contributed by atoms with Crippen molar-refractivity contribution >= 4 is 40.3 Å². The smallest absolute Gasteiger partial charge is 0.260 e. The number of carbonyl (C=O) groups excluding carboxylic acids is 3. The van der Waals surface area contributed by atoms with Gasteiger partial charge < -0.3 is 15.7 Å². The lowest BCUT2D eigenvalue weighted by Crippen LogP contribution is -2.37. The van der Waals surface area contributed by atoms with Crippen LogP contribution in [0.15, 0.2) is 59.4 Å². The fourth-order valence-electron chi connectivity index (χ4n) is 3.33. The first-order valence-corrected chi connectivity index (χ1v) is 10.4. The highest BCUT2D eigenvalue weighted by Crippen LogP contribution is 2.30. The van der Waals surface area contributed by atoms with Gasteiger partial charge in [0.2, 0.25) is 5.91 Å². The number of phenolic OH excluding ortho intramolecular Hbond substituents is 1. The molecular formula is C23H19N3O4S. The van der Waals surface area contributed by atoms with E-state index < -0.39 is 11.8 Å². The van der Waals surface area contributed by atoms with Gasteiger partial charge in [-0.1, -0.05) is 12.1 Å². The number of hydrogen-bond donors (Lipinski definition) is 4. The van der Waals surface area contributed by atoms with Gasteiger partial charge in [-0.15, -0.1) is 0 Å². The van der Waals surface area contributed by atoms with Crippen LogP contribution in [0.2, 0.25) is 0 Å². The third-order valence-corrected chi connectivity index (χ3v) is 5.49. The molecule has 4 rings (SSSR count). The summed E-state index contributed by atoms with van der Waals surface area (Å²) in [6, 6.07) is 12.3. The monoisotopic (exact) mass is 433 g/mol. The van der Waals surface area contributed by atoms with Gasteiger partial charge in [-0.25, -0.2) is 0 Å². The highest BCUT2D eigenvalue weighted by Gasteiger charge is 2.27. The number of thiophene rings is 1. The van der Waals surface area contributed by atoms with Crippen LogP contribution in [0, 0.1) is 0 Å². The number of hydrogen-bond acceptors (Lipinski definition) is 6. The minimum atomic E-state index is -0.476. The molecule has 1 aliphatic rings. The van der Waals surface area contributed by atoms with Crippen LogP contribution in [-0.4, -0.2) is 22.8 Å². The Labute approximate surface area is 182 Å². The Bertz CT molecular complexity index is 1220. The number of anilines is 1. The van der Waals surface area contributed by atoms with Crippen LogP contribution in [0.4, 0.5) is 5.69 Å². The minimum absolute atomic E-state index is 0.0473. The van der Waals surface area contributed by atoms with Crippen LogP contribution in [-0.2, 0) is 16.1 Å². The first-order chi connectivity index (χ1) is 14.9. The molecular weight excluding hydrogens is 414 g/mol. The average molecular weight is 433 g/mol. The summed E-state index contributed by atoms with van der Waals surface area (Å²) in [5.74, 6) is -1.22. The molecule has 31 heavy (non-hydrogen) atoms. The summed E-state index contributed by atoms with van der Waals surface area (Å²) < 4.78 is 0. The number of phenols is 1. The van der Waals surface area contributed by atoms with E-state index in [1.807, 2.05) is 29.0 Å². The van der Waals surface area contributed by atoms with Crippen molar-refractivity contribution in [2.45, 2.75) is 13.5 Å². The predicted molar refractivity (Wildman–Crippen MR) is 119 cm³/mol. The van der Waals surface area contributed by atoms with Gasteiger partial charge in [-0.05, 0) is 57.8 Å². The first kappa shape index (κ1) is 20.4. The van der Waals surface area contributed by atoms with Crippen molar-refractivity contribution in [1.82, 2.24) is 10.6 Å². The van der Waals surface area contributed by atoms with E-state index in [0.717, 1.165) is 16.7 Å². The molecule has 1 aromatic heterocycles. The van der Waals surface area contributed by atoms with Crippen LogP contribution >= 0.6 is 11.3 Å². The molecule has 0 fully saturated rings. The van der Waals surface area contributed by atoms with E-state index >= 15 is 0 Å². The molecule has 0 bridgehead atoms. The third kappa shape index (κ3) is 4.34. The molecule has 0 unspecified atom stereocenters. The molecule has 156 valence electrons. The summed E-state index contributed by atoms with van der Waals surface area (Å²) in [7, 11) is 0. The third-order valence-electron chi connectivity index (χ3n) is 4.81. The van der Waals surface area contributed by atoms with Crippen molar-refractivity contribution in [2.24, 2.45) is 0 Å². The molecule has 0 saturated carbocycles. The second-order valence-corrected chi connectivity index (χ2v) is 7.81. The van der Waals surface area contributed by atoms with Gasteiger partial charge in [0, 0.05) is 30.8 Å². The van der Waals surface area contributed by atoms with E-state index in [0.29, 0.717) is 28.9 Å². The summed E-state index contributed by atoms with van der Waals surface area (Å²) in [4.78, 5) is 35.9. The van der Waals surface area contributed by atoms with Crippen LogP contribution < -0.4 is 16.0 Å². The molecule has 0 aliphatic carbocycles. The van der Waals surface area contributed by atoms with Crippen molar-refractivity contribution < 1.29 is 19.5 Å². The number of carbonyl (C=O) groups is 3. The van der Waals surface area contributed by atoms with E-state index in [1.54, 1.807) is 35.7 Å². The van der Waals surface area contributed by atoms with E-state index in [-0.39, 0.29) is 11.7 Å². The number of rotatable bonds is 5.